The first-order chi connectivity index (χ1) is 18.6. The summed E-state index contributed by atoms with van der Waals surface area (Å²) < 4.78 is 22.8. The molecule has 10 nitrogen and oxygen atoms in total. The highest BCUT2D eigenvalue weighted by Gasteiger charge is 2.33. The minimum Gasteiger partial charge on any atom is -0.504 e. The molecule has 5 aromatic rings. The van der Waals surface area contributed by atoms with Crippen LogP contribution in [0.5, 0.6) is 34.5 Å². The molecule has 10 heteroatoms. The number of rotatable bonds is 6. The van der Waals surface area contributed by atoms with E-state index >= 15 is 0 Å². The van der Waals surface area contributed by atoms with Crippen LogP contribution in [0.3, 0.4) is 0 Å². The van der Waals surface area contributed by atoms with Gasteiger partial charge in [0.15, 0.2) is 34.2 Å². The van der Waals surface area contributed by atoms with E-state index in [1.807, 2.05) is 0 Å². The maximum absolute atomic E-state index is 13.8. The van der Waals surface area contributed by atoms with E-state index in [4.69, 9.17) is 18.9 Å². The van der Waals surface area contributed by atoms with E-state index in [9.17, 15) is 30.0 Å². The molecule has 1 aliphatic rings. The first-order valence-corrected chi connectivity index (χ1v) is 12.4. The predicted molar refractivity (Wildman–Crippen MR) is 145 cm³/mol. The fourth-order valence-electron chi connectivity index (χ4n) is 6.12. The second-order valence-electron chi connectivity index (χ2n) is 9.98. The van der Waals surface area contributed by atoms with Crippen molar-refractivity contribution in [3.05, 3.63) is 43.7 Å². The summed E-state index contributed by atoms with van der Waals surface area (Å²) in [7, 11) is 2.69. The van der Waals surface area contributed by atoms with Crippen LogP contribution in [0.25, 0.3) is 43.1 Å². The molecule has 0 aromatic heterocycles. The quantitative estimate of drug-likeness (QED) is 0.189. The van der Waals surface area contributed by atoms with E-state index in [-0.39, 0.29) is 59.2 Å². The van der Waals surface area contributed by atoms with E-state index in [0.29, 0.717) is 43.4 Å². The normalized spacial score (nSPS) is 14.6. The summed E-state index contributed by atoms with van der Waals surface area (Å²) in [5, 5.41) is 45.7. The van der Waals surface area contributed by atoms with Crippen molar-refractivity contribution >= 4 is 43.1 Å². The van der Waals surface area contributed by atoms with Gasteiger partial charge in [-0.05, 0) is 30.7 Å². The highest BCUT2D eigenvalue weighted by molar-refractivity contribution is 6.38. The van der Waals surface area contributed by atoms with Gasteiger partial charge in [-0.2, -0.15) is 0 Å². The lowest BCUT2D eigenvalue weighted by Gasteiger charge is -2.24. The molecule has 1 aliphatic heterocycles. The van der Waals surface area contributed by atoms with Crippen LogP contribution in [0.1, 0.15) is 25.0 Å². The van der Waals surface area contributed by atoms with Gasteiger partial charge in [0.1, 0.15) is 5.75 Å². The van der Waals surface area contributed by atoms with Crippen LogP contribution >= 0.6 is 0 Å². The number of phenolic OH excluding ortho intramolecular Hbond substituents is 2. The second kappa shape index (κ2) is 8.62. The van der Waals surface area contributed by atoms with E-state index < -0.39 is 28.8 Å². The third-order valence-corrected chi connectivity index (χ3v) is 7.39. The summed E-state index contributed by atoms with van der Waals surface area (Å²) in [6, 6.07) is 2.53. The number of aliphatic hydroxyl groups is 2. The van der Waals surface area contributed by atoms with Crippen molar-refractivity contribution < 1.29 is 39.4 Å². The van der Waals surface area contributed by atoms with Crippen LogP contribution < -0.4 is 29.8 Å². The zero-order chi connectivity index (χ0) is 27.9. The van der Waals surface area contributed by atoms with Gasteiger partial charge in [-0.3, -0.25) is 9.59 Å². The third-order valence-electron chi connectivity index (χ3n) is 7.39. The molecule has 39 heavy (non-hydrogen) atoms. The second-order valence-corrected chi connectivity index (χ2v) is 9.98. The molecule has 0 spiro atoms. The van der Waals surface area contributed by atoms with Gasteiger partial charge in [0, 0.05) is 57.0 Å². The van der Waals surface area contributed by atoms with Gasteiger partial charge in [0.25, 0.3) is 0 Å². The van der Waals surface area contributed by atoms with Gasteiger partial charge in [0.05, 0.1) is 31.8 Å². The minimum absolute atomic E-state index is 0.00464. The molecule has 0 fully saturated rings. The summed E-state index contributed by atoms with van der Waals surface area (Å²) in [6.07, 6.45) is -1.74. The summed E-state index contributed by atoms with van der Waals surface area (Å²) in [5.74, 6) is -0.549. The van der Waals surface area contributed by atoms with E-state index in [2.05, 4.69) is 0 Å². The summed E-state index contributed by atoms with van der Waals surface area (Å²) in [4.78, 5) is 27.2. The fourth-order valence-corrected chi connectivity index (χ4v) is 6.12. The predicted octanol–water partition coefficient (Wildman–Crippen LogP) is 2.90. The van der Waals surface area contributed by atoms with Crippen LogP contribution in [0.4, 0.5) is 0 Å². The molecule has 2 atom stereocenters. The Morgan fingerprint density at radius 3 is 2.03 bits per heavy atom. The Balaban J connectivity index is 2.12. The lowest BCUT2D eigenvalue weighted by atomic mass is 9.82. The van der Waals surface area contributed by atoms with Crippen molar-refractivity contribution in [2.45, 2.75) is 38.9 Å². The topological polar surface area (TPSA) is 152 Å². The molecular weight excluding hydrogens is 508 g/mol. The Bertz CT molecular complexity index is 1930. The van der Waals surface area contributed by atoms with Crippen molar-refractivity contribution in [2.75, 3.05) is 21.0 Å². The van der Waals surface area contributed by atoms with E-state index in [1.165, 1.54) is 26.4 Å². The summed E-state index contributed by atoms with van der Waals surface area (Å²) in [6.45, 7) is 2.83. The van der Waals surface area contributed by atoms with Crippen LogP contribution in [-0.4, -0.2) is 53.6 Å². The Morgan fingerprint density at radius 1 is 0.795 bits per heavy atom. The lowest BCUT2D eigenvalue weighted by molar-refractivity contribution is 0.122. The van der Waals surface area contributed by atoms with Gasteiger partial charge in [-0.15, -0.1) is 0 Å². The molecule has 0 bridgehead atoms. The van der Waals surface area contributed by atoms with Crippen molar-refractivity contribution in [1.82, 2.24) is 0 Å². The number of hydrogen-bond acceptors (Lipinski definition) is 10. The highest BCUT2D eigenvalue weighted by Crippen LogP contribution is 2.55. The van der Waals surface area contributed by atoms with Gasteiger partial charge >= 0.3 is 0 Å². The fraction of sp³-hybridized carbons (Fsp3) is 0.310. The monoisotopic (exact) mass is 534 g/mol. The number of hydrogen-bond donors (Lipinski definition) is 4. The van der Waals surface area contributed by atoms with Gasteiger partial charge < -0.3 is 39.4 Å². The Morgan fingerprint density at radius 2 is 1.41 bits per heavy atom. The molecule has 2 unspecified atom stereocenters. The number of methoxy groups -OCH3 is 2. The molecule has 202 valence electrons. The highest BCUT2D eigenvalue weighted by atomic mass is 16.7. The van der Waals surface area contributed by atoms with Crippen molar-refractivity contribution in [2.24, 2.45) is 0 Å². The zero-order valence-electron chi connectivity index (χ0n) is 21.7. The molecule has 4 N–H and O–H groups in total. The van der Waals surface area contributed by atoms with Crippen LogP contribution in [0.15, 0.2) is 21.7 Å². The van der Waals surface area contributed by atoms with Crippen molar-refractivity contribution in [1.29, 1.82) is 0 Å². The number of aliphatic hydroxyl groups excluding tert-OH is 2. The molecule has 0 amide bonds. The number of ether oxygens (including phenoxy) is 4. The molecule has 1 heterocycles. The smallest absolute Gasteiger partial charge is 0.231 e. The standard InChI is InChI=1S/C29H26O10/c1-10(30)5-13-19-18-12(25(34)27(13)36-3)7-16(33)29-24(18)22-17(38-9-39-29)8-15(32)21-23(22)20(19)14(6-11(2)31)28(37-4)26(21)35/h7-8,10-11,30-31,33,35H,5-6,9H2,1-4H3. The lowest BCUT2D eigenvalue weighted by Crippen LogP contribution is -2.16. The number of aromatic hydroxyl groups is 2. The first-order valence-electron chi connectivity index (χ1n) is 12.4. The largest absolute Gasteiger partial charge is 0.504 e. The first kappa shape index (κ1) is 25.0. The SMILES string of the molecule is COc1c(O)c2c(=O)cc3c4c5c(c(O)cc6c(=O)c(OC)c(CC(C)O)c(c(c1CC(C)O)c24)c65)OCO3. The molecule has 5 aromatic carbocycles. The summed E-state index contributed by atoms with van der Waals surface area (Å²) in [5.41, 5.74) is -0.283. The van der Waals surface area contributed by atoms with Gasteiger partial charge in [-0.25, -0.2) is 0 Å². The number of fused-ring (bicyclic) bond motifs is 1. The third kappa shape index (κ3) is 3.28. The van der Waals surface area contributed by atoms with Gasteiger partial charge in [-0.1, -0.05) is 0 Å². The molecule has 0 radical (unpaired) electrons. The maximum Gasteiger partial charge on any atom is 0.231 e. The average molecular weight is 535 g/mol. The van der Waals surface area contributed by atoms with Crippen molar-refractivity contribution in [3.8, 4) is 34.5 Å². The van der Waals surface area contributed by atoms with Crippen molar-refractivity contribution in [3.63, 3.8) is 0 Å². The Kier molecular flexibility index (Phi) is 5.53. The zero-order valence-corrected chi connectivity index (χ0v) is 21.7. The Hall–Kier alpha value is -4.28. The molecular formula is C29H26O10. The maximum atomic E-state index is 13.8. The summed E-state index contributed by atoms with van der Waals surface area (Å²) >= 11 is 0. The Labute approximate surface area is 220 Å². The van der Waals surface area contributed by atoms with E-state index in [1.54, 1.807) is 13.8 Å². The van der Waals surface area contributed by atoms with Gasteiger partial charge in [0.2, 0.25) is 12.2 Å². The molecule has 0 saturated carbocycles. The molecule has 0 aliphatic carbocycles. The number of benzene rings is 5. The average Bonchev–Trinajstić information content (AvgIpc) is 3.06. The molecule has 6 rings (SSSR count). The van der Waals surface area contributed by atoms with Crippen LogP contribution in [0, 0.1) is 0 Å². The number of phenols is 2. The minimum atomic E-state index is -0.889. The van der Waals surface area contributed by atoms with Crippen LogP contribution in [-0.2, 0) is 12.8 Å². The molecule has 0 saturated heterocycles. The van der Waals surface area contributed by atoms with E-state index in [0.717, 1.165) is 0 Å². The van der Waals surface area contributed by atoms with Crippen LogP contribution in [0.2, 0.25) is 0 Å².